The van der Waals surface area contributed by atoms with Crippen LogP contribution in [0.3, 0.4) is 0 Å². The molecule has 1 aromatic rings. The van der Waals surface area contributed by atoms with Crippen LogP contribution in [0.25, 0.3) is 0 Å². The average molecular weight is 251 g/mol. The van der Waals surface area contributed by atoms with Crippen molar-refractivity contribution in [3.8, 4) is 0 Å². The molecule has 0 saturated carbocycles. The van der Waals surface area contributed by atoms with Crippen LogP contribution in [0.2, 0.25) is 0 Å². The molecule has 2 rings (SSSR count). The lowest BCUT2D eigenvalue weighted by Gasteiger charge is -2.14. The molecule has 0 bridgehead atoms. The third-order valence-corrected chi connectivity index (χ3v) is 3.79. The molecule has 3 nitrogen and oxygen atoms in total. The van der Waals surface area contributed by atoms with Crippen molar-refractivity contribution in [3.63, 3.8) is 0 Å². The summed E-state index contributed by atoms with van der Waals surface area (Å²) in [5.41, 5.74) is 1.21. The number of benzene rings is 1. The van der Waals surface area contributed by atoms with E-state index in [9.17, 15) is 4.79 Å². The molecule has 1 saturated heterocycles. The minimum absolute atomic E-state index is 0.0509. The van der Waals surface area contributed by atoms with Gasteiger partial charge in [-0.15, -0.1) is 11.8 Å². The van der Waals surface area contributed by atoms with Crippen LogP contribution in [0.1, 0.15) is 24.8 Å². The van der Waals surface area contributed by atoms with Gasteiger partial charge < -0.3 is 4.74 Å². The first-order chi connectivity index (χ1) is 8.16. The fourth-order valence-electron chi connectivity index (χ4n) is 1.74. The highest BCUT2D eigenvalue weighted by Crippen LogP contribution is 2.32. The number of ether oxygens (including phenoxy) is 1. The van der Waals surface area contributed by atoms with Crippen LogP contribution in [-0.2, 0) is 9.53 Å². The highest BCUT2D eigenvalue weighted by atomic mass is 32.2. The molecule has 1 heterocycles. The maximum atomic E-state index is 11.7. The Morgan fingerprint density at radius 2 is 2.12 bits per heavy atom. The predicted octanol–water partition coefficient (Wildman–Crippen LogP) is 2.34. The molecule has 1 N–H and O–H groups in total. The summed E-state index contributed by atoms with van der Waals surface area (Å²) in [5, 5.41) is 3.50. The van der Waals surface area contributed by atoms with E-state index in [2.05, 4.69) is 17.4 Å². The van der Waals surface area contributed by atoms with Crippen molar-refractivity contribution in [1.29, 1.82) is 0 Å². The summed E-state index contributed by atoms with van der Waals surface area (Å²) in [6.07, 6.45) is -0.0509. The van der Waals surface area contributed by atoms with Crippen molar-refractivity contribution >= 4 is 17.7 Å². The molecule has 0 unspecified atom stereocenters. The van der Waals surface area contributed by atoms with Gasteiger partial charge in [-0.3, -0.25) is 10.1 Å². The minimum atomic E-state index is -0.187. The predicted molar refractivity (Wildman–Crippen MR) is 69.8 cm³/mol. The summed E-state index contributed by atoms with van der Waals surface area (Å²) in [6.45, 7) is 3.74. The molecule has 0 aromatic heterocycles. The molecule has 4 heteroatoms. The Morgan fingerprint density at radius 3 is 2.76 bits per heavy atom. The van der Waals surface area contributed by atoms with Crippen LogP contribution in [0.4, 0.5) is 0 Å². The fourth-order valence-corrected chi connectivity index (χ4v) is 2.97. The topological polar surface area (TPSA) is 38.3 Å². The minimum Gasteiger partial charge on any atom is -0.462 e. The van der Waals surface area contributed by atoms with Gasteiger partial charge in [0, 0.05) is 5.75 Å². The van der Waals surface area contributed by atoms with Gasteiger partial charge in [0.1, 0.15) is 6.04 Å². The first-order valence-corrected chi connectivity index (χ1v) is 6.85. The Kier molecular flexibility index (Phi) is 4.07. The van der Waals surface area contributed by atoms with Gasteiger partial charge in [-0.1, -0.05) is 30.3 Å². The molecule has 17 heavy (non-hydrogen) atoms. The van der Waals surface area contributed by atoms with Crippen LogP contribution in [0, 0.1) is 0 Å². The van der Waals surface area contributed by atoms with Crippen molar-refractivity contribution in [1.82, 2.24) is 5.32 Å². The van der Waals surface area contributed by atoms with Crippen molar-refractivity contribution in [2.24, 2.45) is 0 Å². The molecule has 0 spiro atoms. The van der Waals surface area contributed by atoms with Gasteiger partial charge in [-0.2, -0.15) is 0 Å². The third-order valence-electron chi connectivity index (χ3n) is 2.52. The monoisotopic (exact) mass is 251 g/mol. The Labute approximate surface area is 106 Å². The molecular formula is C13H17NO2S. The molecule has 0 amide bonds. The molecule has 0 aliphatic carbocycles. The number of nitrogens with one attached hydrogen (secondary N) is 1. The standard InChI is InChI=1S/C13H17NO2S/c1-9(2)16-13(15)11-8-17-12(14-11)10-6-4-3-5-7-10/h3-7,9,11-12,14H,8H2,1-2H3/t11-,12+/m0/s1. The van der Waals surface area contributed by atoms with Crippen molar-refractivity contribution in [3.05, 3.63) is 35.9 Å². The normalized spacial score (nSPS) is 23.9. The van der Waals surface area contributed by atoms with E-state index in [1.807, 2.05) is 32.0 Å². The largest absolute Gasteiger partial charge is 0.462 e. The third kappa shape index (κ3) is 3.23. The van der Waals surface area contributed by atoms with E-state index in [0.29, 0.717) is 0 Å². The quantitative estimate of drug-likeness (QED) is 0.837. The summed E-state index contributed by atoms with van der Waals surface area (Å²) in [4.78, 5) is 11.7. The second-order valence-electron chi connectivity index (χ2n) is 4.33. The van der Waals surface area contributed by atoms with Gasteiger partial charge >= 0.3 is 5.97 Å². The van der Waals surface area contributed by atoms with Gasteiger partial charge in [-0.25, -0.2) is 0 Å². The van der Waals surface area contributed by atoms with E-state index >= 15 is 0 Å². The number of thioether (sulfide) groups is 1. The maximum Gasteiger partial charge on any atom is 0.324 e. The SMILES string of the molecule is CC(C)OC(=O)[C@@H]1CS[C@H](c2ccccc2)N1. The summed E-state index contributed by atoms with van der Waals surface area (Å²) in [5.74, 6) is 0.622. The summed E-state index contributed by atoms with van der Waals surface area (Å²) in [7, 11) is 0. The van der Waals surface area contributed by atoms with Crippen LogP contribution in [-0.4, -0.2) is 23.9 Å². The molecule has 1 fully saturated rings. The number of hydrogen-bond acceptors (Lipinski definition) is 4. The van der Waals surface area contributed by atoms with E-state index in [1.54, 1.807) is 11.8 Å². The number of esters is 1. The molecular weight excluding hydrogens is 234 g/mol. The van der Waals surface area contributed by atoms with Crippen molar-refractivity contribution < 1.29 is 9.53 Å². The smallest absolute Gasteiger partial charge is 0.324 e. The van der Waals surface area contributed by atoms with Crippen LogP contribution >= 0.6 is 11.8 Å². The molecule has 1 aliphatic rings. The van der Waals surface area contributed by atoms with Gasteiger partial charge in [0.15, 0.2) is 0 Å². The molecule has 2 atom stereocenters. The Bertz CT molecular complexity index is 380. The maximum absolute atomic E-state index is 11.7. The van der Waals surface area contributed by atoms with Crippen molar-refractivity contribution in [2.75, 3.05) is 5.75 Å². The number of rotatable bonds is 3. The Balaban J connectivity index is 1.94. The van der Waals surface area contributed by atoms with Crippen LogP contribution in [0.15, 0.2) is 30.3 Å². The molecule has 92 valence electrons. The summed E-state index contributed by atoms with van der Waals surface area (Å²) < 4.78 is 5.20. The van der Waals surface area contributed by atoms with E-state index < -0.39 is 0 Å². The second kappa shape index (κ2) is 5.56. The zero-order chi connectivity index (χ0) is 12.3. The van der Waals surface area contributed by atoms with E-state index in [-0.39, 0.29) is 23.5 Å². The second-order valence-corrected chi connectivity index (χ2v) is 5.47. The zero-order valence-electron chi connectivity index (χ0n) is 10.1. The summed E-state index contributed by atoms with van der Waals surface area (Å²) in [6, 6.07) is 9.97. The van der Waals surface area contributed by atoms with E-state index in [4.69, 9.17) is 4.74 Å². The van der Waals surface area contributed by atoms with Crippen LogP contribution in [0.5, 0.6) is 0 Å². The number of carbonyl (C=O) groups excluding carboxylic acids is 1. The molecule has 1 aliphatic heterocycles. The Hall–Kier alpha value is -1.00. The first-order valence-electron chi connectivity index (χ1n) is 5.80. The first kappa shape index (κ1) is 12.5. The number of carbonyl (C=O) groups is 1. The lowest BCUT2D eigenvalue weighted by atomic mass is 10.2. The molecule has 0 radical (unpaired) electrons. The highest BCUT2D eigenvalue weighted by Gasteiger charge is 2.31. The van der Waals surface area contributed by atoms with E-state index in [0.717, 1.165) is 5.75 Å². The zero-order valence-corrected chi connectivity index (χ0v) is 10.9. The van der Waals surface area contributed by atoms with Crippen LogP contribution < -0.4 is 5.32 Å². The number of hydrogen-bond donors (Lipinski definition) is 1. The molecule has 1 aromatic carbocycles. The fraction of sp³-hybridized carbons (Fsp3) is 0.462. The van der Waals surface area contributed by atoms with Gasteiger partial charge in [0.2, 0.25) is 0 Å². The highest BCUT2D eigenvalue weighted by molar-refractivity contribution is 7.99. The lowest BCUT2D eigenvalue weighted by molar-refractivity contribution is -0.149. The average Bonchev–Trinajstić information content (AvgIpc) is 2.78. The Morgan fingerprint density at radius 1 is 1.41 bits per heavy atom. The van der Waals surface area contributed by atoms with Gasteiger partial charge in [0.25, 0.3) is 0 Å². The lowest BCUT2D eigenvalue weighted by Crippen LogP contribution is -2.36. The summed E-state index contributed by atoms with van der Waals surface area (Å²) >= 11 is 1.75. The van der Waals surface area contributed by atoms with Gasteiger partial charge in [-0.05, 0) is 19.4 Å². The van der Waals surface area contributed by atoms with E-state index in [1.165, 1.54) is 5.56 Å². The van der Waals surface area contributed by atoms with Crippen molar-refractivity contribution in [2.45, 2.75) is 31.4 Å². The van der Waals surface area contributed by atoms with Gasteiger partial charge in [0.05, 0.1) is 11.5 Å².